The van der Waals surface area contributed by atoms with Gasteiger partial charge < -0.3 is 14.4 Å². The summed E-state index contributed by atoms with van der Waals surface area (Å²) in [5.41, 5.74) is 4.71. The average molecular weight is 428 g/mol. The van der Waals surface area contributed by atoms with E-state index in [0.717, 1.165) is 24.2 Å². The maximum Gasteiger partial charge on any atom is 0.277 e. The third-order valence-corrected chi connectivity index (χ3v) is 5.64. The molecule has 0 aliphatic carbocycles. The predicted molar refractivity (Wildman–Crippen MR) is 121 cm³/mol. The van der Waals surface area contributed by atoms with Gasteiger partial charge in [0.25, 0.3) is 5.91 Å². The highest BCUT2D eigenvalue weighted by Crippen LogP contribution is 2.43. The highest BCUT2D eigenvalue weighted by Gasteiger charge is 2.36. The standard InChI is InChI=1S/C24H30FN3O3/c1-6-28-20-12-19(25)17(11-18(20)16(2)13-24(28,3)4)14-26-27-23(29)15-31-22-10-8-7-9-21(22)30-5/h7-12,14,16H,6,13,15H2,1-5H3,(H,27,29)/b26-14+. The van der Waals surface area contributed by atoms with E-state index in [-0.39, 0.29) is 18.0 Å². The molecule has 1 N–H and O–H groups in total. The Balaban J connectivity index is 1.67. The summed E-state index contributed by atoms with van der Waals surface area (Å²) in [5, 5.41) is 3.91. The monoisotopic (exact) mass is 427 g/mol. The zero-order chi connectivity index (χ0) is 22.6. The van der Waals surface area contributed by atoms with Crippen LogP contribution < -0.4 is 19.8 Å². The Labute approximate surface area is 183 Å². The van der Waals surface area contributed by atoms with Crippen LogP contribution in [0.15, 0.2) is 41.5 Å². The number of methoxy groups -OCH3 is 1. The molecule has 0 spiro atoms. The summed E-state index contributed by atoms with van der Waals surface area (Å²) in [5.74, 6) is 0.471. The molecule has 0 saturated carbocycles. The van der Waals surface area contributed by atoms with Gasteiger partial charge in [0.1, 0.15) is 5.82 Å². The smallest absolute Gasteiger partial charge is 0.277 e. The summed E-state index contributed by atoms with van der Waals surface area (Å²) in [7, 11) is 1.53. The lowest BCUT2D eigenvalue weighted by Crippen LogP contribution is -2.48. The number of carbonyl (C=O) groups is 1. The number of halogens is 1. The van der Waals surface area contributed by atoms with Crippen LogP contribution in [0.2, 0.25) is 0 Å². The van der Waals surface area contributed by atoms with Crippen LogP contribution >= 0.6 is 0 Å². The first-order chi connectivity index (χ1) is 14.8. The first-order valence-electron chi connectivity index (χ1n) is 10.5. The molecule has 1 unspecified atom stereocenters. The van der Waals surface area contributed by atoms with Gasteiger partial charge in [0.05, 0.1) is 13.3 Å². The van der Waals surface area contributed by atoms with E-state index < -0.39 is 5.91 Å². The van der Waals surface area contributed by atoms with Crippen molar-refractivity contribution in [3.63, 3.8) is 0 Å². The summed E-state index contributed by atoms with van der Waals surface area (Å²) in [4.78, 5) is 14.3. The molecule has 1 amide bonds. The van der Waals surface area contributed by atoms with E-state index in [4.69, 9.17) is 9.47 Å². The number of ether oxygens (including phenoxy) is 2. The minimum Gasteiger partial charge on any atom is -0.493 e. The van der Waals surface area contributed by atoms with Crippen LogP contribution in [0.25, 0.3) is 0 Å². The van der Waals surface area contributed by atoms with E-state index in [9.17, 15) is 9.18 Å². The van der Waals surface area contributed by atoms with E-state index in [1.54, 1.807) is 24.3 Å². The predicted octanol–water partition coefficient (Wildman–Crippen LogP) is 4.48. The van der Waals surface area contributed by atoms with Gasteiger partial charge in [0.2, 0.25) is 0 Å². The molecule has 1 heterocycles. The molecule has 166 valence electrons. The topological polar surface area (TPSA) is 63.2 Å². The van der Waals surface area contributed by atoms with Crippen molar-refractivity contribution in [2.24, 2.45) is 5.10 Å². The molecule has 2 aromatic rings. The molecular formula is C24H30FN3O3. The molecule has 6 nitrogen and oxygen atoms in total. The number of hydrogen-bond donors (Lipinski definition) is 1. The Bertz CT molecular complexity index is 975. The number of hydrogen-bond acceptors (Lipinski definition) is 5. The Kier molecular flexibility index (Phi) is 6.83. The number of anilines is 1. The molecule has 3 rings (SSSR count). The second kappa shape index (κ2) is 9.37. The van der Waals surface area contributed by atoms with E-state index in [1.807, 2.05) is 12.1 Å². The first kappa shape index (κ1) is 22.6. The largest absolute Gasteiger partial charge is 0.493 e. The van der Waals surface area contributed by atoms with Gasteiger partial charge in [0, 0.05) is 23.3 Å². The van der Waals surface area contributed by atoms with Crippen molar-refractivity contribution >= 4 is 17.8 Å². The number of fused-ring (bicyclic) bond motifs is 1. The summed E-state index contributed by atoms with van der Waals surface area (Å²) >= 11 is 0. The highest BCUT2D eigenvalue weighted by molar-refractivity contribution is 5.84. The fourth-order valence-corrected chi connectivity index (χ4v) is 4.31. The Hall–Kier alpha value is -3.09. The maximum atomic E-state index is 14.8. The molecule has 1 aliphatic heterocycles. The molecule has 31 heavy (non-hydrogen) atoms. The van der Waals surface area contributed by atoms with Crippen molar-refractivity contribution in [2.75, 3.05) is 25.2 Å². The number of nitrogens with zero attached hydrogens (tertiary/aromatic N) is 2. The van der Waals surface area contributed by atoms with Gasteiger partial charge in [-0.25, -0.2) is 9.82 Å². The van der Waals surface area contributed by atoms with Gasteiger partial charge in [-0.3, -0.25) is 4.79 Å². The zero-order valence-electron chi connectivity index (χ0n) is 18.7. The Morgan fingerprint density at radius 3 is 2.71 bits per heavy atom. The van der Waals surface area contributed by atoms with Crippen LogP contribution in [0.5, 0.6) is 11.5 Å². The molecule has 2 aromatic carbocycles. The number of hydrazone groups is 1. The Morgan fingerprint density at radius 2 is 2.03 bits per heavy atom. The van der Waals surface area contributed by atoms with Gasteiger partial charge in [-0.15, -0.1) is 0 Å². The van der Waals surface area contributed by atoms with Gasteiger partial charge >= 0.3 is 0 Å². The lowest BCUT2D eigenvalue weighted by Gasteiger charge is -2.47. The average Bonchev–Trinajstić information content (AvgIpc) is 2.73. The number of para-hydroxylation sites is 2. The van der Waals surface area contributed by atoms with E-state index in [1.165, 1.54) is 13.3 Å². The van der Waals surface area contributed by atoms with Crippen molar-refractivity contribution in [3.8, 4) is 11.5 Å². The van der Waals surface area contributed by atoms with Crippen molar-refractivity contribution in [1.82, 2.24) is 5.43 Å². The molecule has 0 aromatic heterocycles. The van der Waals surface area contributed by atoms with Gasteiger partial charge in [-0.05, 0) is 62.9 Å². The molecule has 1 aliphatic rings. The molecule has 0 bridgehead atoms. The number of nitrogens with one attached hydrogen (secondary N) is 1. The molecule has 1 atom stereocenters. The van der Waals surface area contributed by atoms with Crippen LogP contribution in [0.1, 0.15) is 51.2 Å². The van der Waals surface area contributed by atoms with Gasteiger partial charge in [-0.1, -0.05) is 19.1 Å². The third kappa shape index (κ3) is 4.98. The first-order valence-corrected chi connectivity index (χ1v) is 10.5. The van der Waals surface area contributed by atoms with Crippen molar-refractivity contribution in [3.05, 3.63) is 53.3 Å². The minimum atomic E-state index is -0.451. The maximum absolute atomic E-state index is 14.8. The van der Waals surface area contributed by atoms with Crippen LogP contribution in [-0.2, 0) is 4.79 Å². The van der Waals surface area contributed by atoms with Crippen LogP contribution in [-0.4, -0.2) is 37.9 Å². The summed E-state index contributed by atoms with van der Waals surface area (Å²) < 4.78 is 25.4. The van der Waals surface area contributed by atoms with Crippen LogP contribution in [0, 0.1) is 5.82 Å². The van der Waals surface area contributed by atoms with Gasteiger partial charge in [0.15, 0.2) is 18.1 Å². The normalized spacial score (nSPS) is 17.4. The fourth-order valence-electron chi connectivity index (χ4n) is 4.31. The molecule has 0 saturated heterocycles. The lowest BCUT2D eigenvalue weighted by molar-refractivity contribution is -0.123. The number of benzene rings is 2. The zero-order valence-corrected chi connectivity index (χ0v) is 18.7. The molecule has 0 fully saturated rings. The molecule has 0 radical (unpaired) electrons. The quantitative estimate of drug-likeness (QED) is 0.523. The van der Waals surface area contributed by atoms with Crippen molar-refractivity contribution in [2.45, 2.75) is 45.6 Å². The highest BCUT2D eigenvalue weighted by atomic mass is 19.1. The van der Waals surface area contributed by atoms with Crippen LogP contribution in [0.3, 0.4) is 0 Å². The second-order valence-electron chi connectivity index (χ2n) is 8.33. The van der Waals surface area contributed by atoms with E-state index in [2.05, 4.69) is 43.1 Å². The number of carbonyl (C=O) groups excluding carboxylic acids is 1. The minimum absolute atomic E-state index is 0.0291. The molecule has 7 heteroatoms. The number of rotatable bonds is 7. The van der Waals surface area contributed by atoms with Crippen molar-refractivity contribution in [1.29, 1.82) is 0 Å². The Morgan fingerprint density at radius 1 is 1.32 bits per heavy atom. The van der Waals surface area contributed by atoms with Crippen LogP contribution in [0.4, 0.5) is 10.1 Å². The second-order valence-corrected chi connectivity index (χ2v) is 8.33. The van der Waals surface area contributed by atoms with Gasteiger partial charge in [-0.2, -0.15) is 5.10 Å². The van der Waals surface area contributed by atoms with Crippen molar-refractivity contribution < 1.29 is 18.7 Å². The summed E-state index contributed by atoms with van der Waals surface area (Å²) in [6.07, 6.45) is 2.31. The van der Waals surface area contributed by atoms with E-state index in [0.29, 0.717) is 23.0 Å². The fraction of sp³-hybridized carbons (Fsp3) is 0.417. The van der Waals surface area contributed by atoms with E-state index >= 15 is 0 Å². The summed E-state index contributed by atoms with van der Waals surface area (Å²) in [6, 6.07) is 10.4. The summed E-state index contributed by atoms with van der Waals surface area (Å²) in [6.45, 7) is 9.18. The number of amides is 1. The lowest BCUT2D eigenvalue weighted by atomic mass is 9.79. The SMILES string of the molecule is CCN1c2cc(F)c(/C=N/NC(=O)COc3ccccc3OC)cc2C(C)CC1(C)C. The third-order valence-electron chi connectivity index (χ3n) is 5.64. The molecular weight excluding hydrogens is 397 g/mol.